The number of halogens is 1. The van der Waals surface area contributed by atoms with Crippen LogP contribution >= 0.6 is 15.9 Å². The minimum Gasteiger partial charge on any atom is -0.494 e. The highest BCUT2D eigenvalue weighted by atomic mass is 79.9. The average Bonchev–Trinajstić information content (AvgIpc) is 2.93. The maximum Gasteiger partial charge on any atom is 0.336 e. The van der Waals surface area contributed by atoms with E-state index in [9.17, 15) is 14.4 Å². The van der Waals surface area contributed by atoms with Crippen LogP contribution in [0.4, 0.5) is 0 Å². The van der Waals surface area contributed by atoms with E-state index in [0.717, 1.165) is 22.9 Å². The zero-order chi connectivity index (χ0) is 27.2. The molecule has 8 nitrogen and oxygen atoms in total. The van der Waals surface area contributed by atoms with E-state index in [2.05, 4.69) is 38.7 Å². The molecule has 3 aromatic rings. The van der Waals surface area contributed by atoms with Crippen molar-refractivity contribution in [3.05, 3.63) is 100 Å². The maximum atomic E-state index is 12.3. The molecule has 3 aromatic carbocycles. The Bertz CT molecular complexity index is 1290. The molecule has 0 aliphatic rings. The zero-order valence-corrected chi connectivity index (χ0v) is 22.4. The number of nitrogens with zero attached hydrogens (tertiary/aromatic N) is 1. The number of hydrazone groups is 1. The van der Waals surface area contributed by atoms with Crippen LogP contribution in [0, 0.1) is 0 Å². The fourth-order valence-electron chi connectivity index (χ4n) is 3.10. The van der Waals surface area contributed by atoms with Crippen molar-refractivity contribution in [1.82, 2.24) is 10.7 Å². The number of rotatable bonds is 12. The first kappa shape index (κ1) is 28.3. The van der Waals surface area contributed by atoms with Crippen molar-refractivity contribution in [1.29, 1.82) is 0 Å². The van der Waals surface area contributed by atoms with E-state index in [1.807, 2.05) is 30.3 Å². The van der Waals surface area contributed by atoms with Gasteiger partial charge in [0.1, 0.15) is 11.5 Å². The molecule has 9 heteroatoms. The van der Waals surface area contributed by atoms with Gasteiger partial charge in [0, 0.05) is 21.7 Å². The molecule has 3 rings (SSSR count). The van der Waals surface area contributed by atoms with Crippen molar-refractivity contribution in [2.24, 2.45) is 5.10 Å². The number of carbonyl (C=O) groups is 3. The molecule has 0 atom stereocenters. The number of esters is 1. The van der Waals surface area contributed by atoms with Crippen molar-refractivity contribution in [3.8, 4) is 11.5 Å². The lowest BCUT2D eigenvalue weighted by Gasteiger charge is -2.08. The van der Waals surface area contributed by atoms with Gasteiger partial charge in [0.2, 0.25) is 0 Å². The Morgan fingerprint density at radius 1 is 1.00 bits per heavy atom. The van der Waals surface area contributed by atoms with Crippen molar-refractivity contribution < 1.29 is 23.9 Å². The summed E-state index contributed by atoms with van der Waals surface area (Å²) in [6, 6.07) is 21.1. The van der Waals surface area contributed by atoms with E-state index in [1.165, 1.54) is 12.3 Å². The van der Waals surface area contributed by atoms with Crippen LogP contribution in [0.25, 0.3) is 6.08 Å². The molecule has 2 amide bonds. The van der Waals surface area contributed by atoms with Gasteiger partial charge >= 0.3 is 5.97 Å². The van der Waals surface area contributed by atoms with Gasteiger partial charge in [-0.3, -0.25) is 9.59 Å². The lowest BCUT2D eigenvalue weighted by Crippen LogP contribution is -2.34. The third-order valence-electron chi connectivity index (χ3n) is 5.08. The van der Waals surface area contributed by atoms with Gasteiger partial charge in [0.15, 0.2) is 0 Å². The van der Waals surface area contributed by atoms with Crippen LogP contribution in [0.3, 0.4) is 0 Å². The fraction of sp³-hybridized carbons (Fsp3) is 0.172. The lowest BCUT2D eigenvalue weighted by molar-refractivity contribution is -0.129. The minimum absolute atomic E-state index is 0.268. The first-order valence-corrected chi connectivity index (χ1v) is 12.8. The summed E-state index contributed by atoms with van der Waals surface area (Å²) >= 11 is 3.37. The van der Waals surface area contributed by atoms with Gasteiger partial charge in [0.05, 0.1) is 19.4 Å². The molecule has 0 aliphatic heterocycles. The van der Waals surface area contributed by atoms with Crippen LogP contribution in [0.1, 0.15) is 41.3 Å². The highest BCUT2D eigenvalue weighted by Crippen LogP contribution is 2.22. The molecule has 38 heavy (non-hydrogen) atoms. The van der Waals surface area contributed by atoms with E-state index >= 15 is 0 Å². The molecular formula is C29H28BrN3O5. The number of carbonyl (C=O) groups excluding carboxylic acids is 3. The Hall–Kier alpha value is -4.24. The summed E-state index contributed by atoms with van der Waals surface area (Å²) < 4.78 is 11.7. The Labute approximate surface area is 229 Å². The highest BCUT2D eigenvalue weighted by Gasteiger charge is 2.09. The average molecular weight is 578 g/mol. The highest BCUT2D eigenvalue weighted by molar-refractivity contribution is 9.10. The van der Waals surface area contributed by atoms with Crippen LogP contribution < -0.4 is 20.2 Å². The van der Waals surface area contributed by atoms with Gasteiger partial charge in [-0.25, -0.2) is 10.2 Å². The first-order chi connectivity index (χ1) is 18.4. The molecule has 0 radical (unpaired) electrons. The number of unbranched alkanes of at least 4 members (excludes halogenated alkanes) is 1. The summed E-state index contributed by atoms with van der Waals surface area (Å²) in [7, 11) is 0. The second-order valence-corrected chi connectivity index (χ2v) is 8.97. The molecular weight excluding hydrogens is 550 g/mol. The predicted octanol–water partition coefficient (Wildman–Crippen LogP) is 5.13. The van der Waals surface area contributed by atoms with Crippen LogP contribution in [0.5, 0.6) is 11.5 Å². The van der Waals surface area contributed by atoms with E-state index in [-0.39, 0.29) is 12.3 Å². The third-order valence-corrected chi connectivity index (χ3v) is 5.57. The molecule has 0 saturated carbocycles. The molecule has 0 saturated heterocycles. The van der Waals surface area contributed by atoms with Crippen molar-refractivity contribution >= 4 is 46.0 Å². The van der Waals surface area contributed by atoms with Crippen molar-refractivity contribution in [3.63, 3.8) is 0 Å². The van der Waals surface area contributed by atoms with Crippen LogP contribution in [-0.4, -0.2) is 37.1 Å². The second kappa shape index (κ2) is 15.1. The number of hydrogen-bond donors (Lipinski definition) is 2. The third kappa shape index (κ3) is 9.67. The molecule has 196 valence electrons. The van der Waals surface area contributed by atoms with Crippen LogP contribution in [-0.2, 0) is 9.59 Å². The molecule has 0 heterocycles. The van der Waals surface area contributed by atoms with E-state index in [1.54, 1.807) is 48.5 Å². The number of benzene rings is 3. The van der Waals surface area contributed by atoms with Gasteiger partial charge in [-0.2, -0.15) is 5.10 Å². The smallest absolute Gasteiger partial charge is 0.336 e. The van der Waals surface area contributed by atoms with E-state index in [0.29, 0.717) is 23.5 Å². The molecule has 2 N–H and O–H groups in total. The monoisotopic (exact) mass is 577 g/mol. The summed E-state index contributed by atoms with van der Waals surface area (Å²) in [5.74, 6) is -0.517. The Kier molecular flexibility index (Phi) is 11.3. The normalized spacial score (nSPS) is 10.9. The number of nitrogens with one attached hydrogen (secondary N) is 2. The van der Waals surface area contributed by atoms with Gasteiger partial charge in [-0.1, -0.05) is 59.6 Å². The maximum absolute atomic E-state index is 12.3. The SMILES string of the molecule is CCCCOc1ccc(C(=O)NCC(=O)N/N=C\c2cc(Br)ccc2OC(=O)/C=C/c2ccccc2)cc1. The van der Waals surface area contributed by atoms with Crippen molar-refractivity contribution in [2.75, 3.05) is 13.2 Å². The minimum atomic E-state index is -0.557. The van der Waals surface area contributed by atoms with Gasteiger partial charge in [-0.15, -0.1) is 0 Å². The summed E-state index contributed by atoms with van der Waals surface area (Å²) in [6.07, 6.45) is 6.33. The quantitative estimate of drug-likeness (QED) is 0.0775. The topological polar surface area (TPSA) is 106 Å². The number of ether oxygens (including phenoxy) is 2. The Morgan fingerprint density at radius 2 is 1.76 bits per heavy atom. The summed E-state index contributed by atoms with van der Waals surface area (Å²) in [5, 5.41) is 6.46. The first-order valence-electron chi connectivity index (χ1n) is 12.0. The molecule has 0 aromatic heterocycles. The van der Waals surface area contributed by atoms with E-state index < -0.39 is 17.8 Å². The largest absolute Gasteiger partial charge is 0.494 e. The summed E-state index contributed by atoms with van der Waals surface area (Å²) in [4.78, 5) is 36.7. The number of amides is 2. The Morgan fingerprint density at radius 3 is 2.50 bits per heavy atom. The predicted molar refractivity (Wildman–Crippen MR) is 150 cm³/mol. The summed E-state index contributed by atoms with van der Waals surface area (Å²) in [5.41, 5.74) is 4.09. The fourth-order valence-corrected chi connectivity index (χ4v) is 3.48. The number of hydrogen-bond acceptors (Lipinski definition) is 6. The molecule has 0 spiro atoms. The molecule has 0 unspecified atom stereocenters. The van der Waals surface area contributed by atoms with Crippen LogP contribution in [0.2, 0.25) is 0 Å². The standard InChI is InChI=1S/C29H28BrN3O5/c1-2-3-17-37-25-13-10-22(11-14-25)29(36)31-20-27(34)33-32-19-23-18-24(30)12-15-26(23)38-28(35)16-9-21-7-5-4-6-8-21/h4-16,18-19H,2-3,17,20H2,1H3,(H,31,36)(H,33,34)/b16-9+,32-19-. The Balaban J connectivity index is 1.50. The molecule has 0 aliphatic carbocycles. The van der Waals surface area contributed by atoms with E-state index in [4.69, 9.17) is 9.47 Å². The molecule has 0 fully saturated rings. The lowest BCUT2D eigenvalue weighted by atomic mass is 10.2. The van der Waals surface area contributed by atoms with Crippen LogP contribution in [0.15, 0.2) is 88.4 Å². The van der Waals surface area contributed by atoms with Gasteiger partial charge < -0.3 is 14.8 Å². The van der Waals surface area contributed by atoms with Crippen molar-refractivity contribution in [2.45, 2.75) is 19.8 Å². The van der Waals surface area contributed by atoms with Gasteiger partial charge in [0.25, 0.3) is 11.8 Å². The second-order valence-electron chi connectivity index (χ2n) is 8.05. The summed E-state index contributed by atoms with van der Waals surface area (Å²) in [6.45, 7) is 2.44. The zero-order valence-electron chi connectivity index (χ0n) is 20.9. The molecule has 0 bridgehead atoms. The van der Waals surface area contributed by atoms with Gasteiger partial charge in [-0.05, 0) is 60.5 Å².